The van der Waals surface area contributed by atoms with Crippen LogP contribution in [-0.4, -0.2) is 42.4 Å². The van der Waals surface area contributed by atoms with Crippen LogP contribution >= 0.6 is 15.9 Å². The Labute approximate surface area is 125 Å². The quantitative estimate of drug-likeness (QED) is 0.753. The normalized spacial score (nSPS) is 12.6. The first-order valence-electron chi connectivity index (χ1n) is 6.34. The van der Waals surface area contributed by atoms with Gasteiger partial charge in [-0.2, -0.15) is 0 Å². The van der Waals surface area contributed by atoms with Crippen molar-refractivity contribution < 1.29 is 14.6 Å². The van der Waals surface area contributed by atoms with Crippen LogP contribution in [0, 0.1) is 0 Å². The number of H-pyrrole nitrogens is 1. The van der Waals surface area contributed by atoms with Gasteiger partial charge in [0.15, 0.2) is 0 Å². The summed E-state index contributed by atoms with van der Waals surface area (Å²) in [6, 6.07) is 5.72. The highest BCUT2D eigenvalue weighted by molar-refractivity contribution is 9.10. The van der Waals surface area contributed by atoms with E-state index >= 15 is 0 Å². The molecule has 0 saturated heterocycles. The molecule has 0 fully saturated rings. The lowest BCUT2D eigenvalue weighted by Gasteiger charge is -2.10. The minimum atomic E-state index is -0.560. The minimum absolute atomic E-state index is 0.159. The topological polar surface area (TPSA) is 74.3 Å². The number of carbonyl (C=O) groups excluding carboxylic acids is 1. The Morgan fingerprint density at radius 2 is 2.35 bits per heavy atom. The minimum Gasteiger partial charge on any atom is -0.391 e. The number of nitrogens with one attached hydrogen (secondary N) is 2. The Bertz CT molecular complexity index is 597. The number of hydrogen-bond donors (Lipinski definition) is 3. The number of halogens is 1. The van der Waals surface area contributed by atoms with Gasteiger partial charge in [-0.25, -0.2) is 0 Å². The molecule has 108 valence electrons. The van der Waals surface area contributed by atoms with Crippen molar-refractivity contribution in [2.45, 2.75) is 12.5 Å². The molecule has 1 aromatic carbocycles. The molecule has 1 atom stereocenters. The molecule has 0 aliphatic carbocycles. The number of aliphatic hydroxyl groups excluding tert-OH is 1. The van der Waals surface area contributed by atoms with Crippen LogP contribution in [0.5, 0.6) is 0 Å². The van der Waals surface area contributed by atoms with Gasteiger partial charge in [0.05, 0.1) is 18.3 Å². The average molecular weight is 341 g/mol. The lowest BCUT2D eigenvalue weighted by molar-refractivity contribution is 0.0588. The molecule has 2 rings (SSSR count). The Morgan fingerprint density at radius 1 is 1.55 bits per heavy atom. The van der Waals surface area contributed by atoms with Crippen LogP contribution in [-0.2, 0) is 4.74 Å². The second-order valence-electron chi connectivity index (χ2n) is 4.52. The van der Waals surface area contributed by atoms with Gasteiger partial charge in [0.2, 0.25) is 0 Å². The van der Waals surface area contributed by atoms with Crippen LogP contribution in [0.2, 0.25) is 0 Å². The van der Waals surface area contributed by atoms with Crippen molar-refractivity contribution >= 4 is 32.7 Å². The lowest BCUT2D eigenvalue weighted by atomic mass is 10.1. The van der Waals surface area contributed by atoms with Crippen molar-refractivity contribution in [1.29, 1.82) is 0 Å². The molecule has 6 heteroatoms. The molecule has 5 nitrogen and oxygen atoms in total. The summed E-state index contributed by atoms with van der Waals surface area (Å²) >= 11 is 3.45. The zero-order valence-electron chi connectivity index (χ0n) is 11.1. The summed E-state index contributed by atoms with van der Waals surface area (Å²) in [5, 5.41) is 13.2. The van der Waals surface area contributed by atoms with E-state index in [9.17, 15) is 9.90 Å². The van der Waals surface area contributed by atoms with E-state index in [0.717, 1.165) is 15.4 Å². The average Bonchev–Trinajstić information content (AvgIpc) is 2.84. The molecule has 1 aromatic heterocycles. The van der Waals surface area contributed by atoms with Gasteiger partial charge in [0.25, 0.3) is 5.91 Å². The Morgan fingerprint density at radius 3 is 3.10 bits per heavy atom. The standard InChI is InChI=1S/C14H17BrN2O3/c1-20-8-9(18)5-6-16-14(19)10-7-17-12-4-2-3-11(15)13(10)12/h2-4,7,9,17-18H,5-6,8H2,1H3,(H,16,19). The molecule has 0 aliphatic rings. The molecule has 1 unspecified atom stereocenters. The molecule has 20 heavy (non-hydrogen) atoms. The van der Waals surface area contributed by atoms with Crippen LogP contribution in [0.15, 0.2) is 28.9 Å². The van der Waals surface area contributed by atoms with E-state index in [2.05, 4.69) is 26.2 Å². The number of hydrogen-bond acceptors (Lipinski definition) is 3. The first-order valence-corrected chi connectivity index (χ1v) is 7.13. The fourth-order valence-electron chi connectivity index (χ4n) is 2.04. The van der Waals surface area contributed by atoms with Gasteiger partial charge in [0.1, 0.15) is 0 Å². The van der Waals surface area contributed by atoms with Gasteiger partial charge >= 0.3 is 0 Å². The van der Waals surface area contributed by atoms with E-state index in [1.807, 2.05) is 18.2 Å². The van der Waals surface area contributed by atoms with Crippen molar-refractivity contribution in [3.8, 4) is 0 Å². The third kappa shape index (κ3) is 3.39. The van der Waals surface area contributed by atoms with E-state index < -0.39 is 6.10 Å². The van der Waals surface area contributed by atoms with E-state index in [4.69, 9.17) is 4.74 Å². The van der Waals surface area contributed by atoms with E-state index in [1.165, 1.54) is 7.11 Å². The molecule has 0 saturated carbocycles. The van der Waals surface area contributed by atoms with Crippen molar-refractivity contribution in [2.75, 3.05) is 20.3 Å². The number of aromatic amines is 1. The highest BCUT2D eigenvalue weighted by atomic mass is 79.9. The number of benzene rings is 1. The van der Waals surface area contributed by atoms with Gasteiger partial charge in [0, 0.05) is 35.2 Å². The van der Waals surface area contributed by atoms with E-state index in [0.29, 0.717) is 18.5 Å². The number of aromatic nitrogens is 1. The first kappa shape index (κ1) is 15.0. The van der Waals surface area contributed by atoms with Crippen LogP contribution in [0.25, 0.3) is 10.9 Å². The lowest BCUT2D eigenvalue weighted by Crippen LogP contribution is -2.28. The summed E-state index contributed by atoms with van der Waals surface area (Å²) in [7, 11) is 1.53. The van der Waals surface area contributed by atoms with Crippen molar-refractivity contribution in [3.63, 3.8) is 0 Å². The van der Waals surface area contributed by atoms with Gasteiger partial charge in [-0.3, -0.25) is 4.79 Å². The number of carbonyl (C=O) groups is 1. The molecule has 2 aromatic rings. The maximum atomic E-state index is 12.1. The Hall–Kier alpha value is -1.37. The summed E-state index contributed by atoms with van der Waals surface area (Å²) in [5.74, 6) is -0.159. The first-order chi connectivity index (χ1) is 9.63. The maximum absolute atomic E-state index is 12.1. The zero-order chi connectivity index (χ0) is 14.5. The van der Waals surface area contributed by atoms with Crippen molar-refractivity contribution in [3.05, 3.63) is 34.4 Å². The van der Waals surface area contributed by atoms with Crippen LogP contribution < -0.4 is 5.32 Å². The SMILES string of the molecule is COCC(O)CCNC(=O)c1c[nH]c2cccc(Br)c12. The summed E-state index contributed by atoms with van der Waals surface area (Å²) in [4.78, 5) is 15.2. The molecule has 1 amide bonds. The monoisotopic (exact) mass is 340 g/mol. The second kappa shape index (κ2) is 6.88. The van der Waals surface area contributed by atoms with Crippen LogP contribution in [0.1, 0.15) is 16.8 Å². The number of aliphatic hydroxyl groups is 1. The third-order valence-electron chi connectivity index (χ3n) is 3.02. The van der Waals surface area contributed by atoms with Gasteiger partial charge in [-0.15, -0.1) is 0 Å². The second-order valence-corrected chi connectivity index (χ2v) is 5.37. The van der Waals surface area contributed by atoms with E-state index in [1.54, 1.807) is 6.20 Å². The van der Waals surface area contributed by atoms with Crippen LogP contribution in [0.4, 0.5) is 0 Å². The number of methoxy groups -OCH3 is 1. The zero-order valence-corrected chi connectivity index (χ0v) is 12.7. The van der Waals surface area contributed by atoms with Gasteiger partial charge in [-0.05, 0) is 18.6 Å². The largest absolute Gasteiger partial charge is 0.391 e. The maximum Gasteiger partial charge on any atom is 0.253 e. The predicted molar refractivity (Wildman–Crippen MR) is 80.8 cm³/mol. The highest BCUT2D eigenvalue weighted by Gasteiger charge is 2.14. The predicted octanol–water partition coefficient (Wildman–Crippen LogP) is 2.06. The smallest absolute Gasteiger partial charge is 0.253 e. The molecule has 1 heterocycles. The number of rotatable bonds is 6. The summed E-state index contributed by atoms with van der Waals surface area (Å²) in [6.07, 6.45) is 1.59. The molecule has 0 spiro atoms. The highest BCUT2D eigenvalue weighted by Crippen LogP contribution is 2.26. The van der Waals surface area contributed by atoms with Crippen molar-refractivity contribution in [2.24, 2.45) is 0 Å². The number of fused-ring (bicyclic) bond motifs is 1. The summed E-state index contributed by atoms with van der Waals surface area (Å²) < 4.78 is 5.71. The summed E-state index contributed by atoms with van der Waals surface area (Å²) in [6.45, 7) is 0.676. The molecule has 3 N–H and O–H groups in total. The third-order valence-corrected chi connectivity index (χ3v) is 3.68. The number of ether oxygens (including phenoxy) is 1. The Balaban J connectivity index is 2.01. The molecule has 0 bridgehead atoms. The summed E-state index contributed by atoms with van der Waals surface area (Å²) in [5.41, 5.74) is 1.50. The molecule has 0 radical (unpaired) electrons. The van der Waals surface area contributed by atoms with Crippen LogP contribution in [0.3, 0.4) is 0 Å². The molecular weight excluding hydrogens is 324 g/mol. The fraction of sp³-hybridized carbons (Fsp3) is 0.357. The van der Waals surface area contributed by atoms with Gasteiger partial charge in [-0.1, -0.05) is 22.0 Å². The van der Waals surface area contributed by atoms with E-state index in [-0.39, 0.29) is 12.5 Å². The van der Waals surface area contributed by atoms with Crippen molar-refractivity contribution in [1.82, 2.24) is 10.3 Å². The van der Waals surface area contributed by atoms with Gasteiger partial charge < -0.3 is 20.1 Å². The number of amides is 1. The molecule has 0 aliphatic heterocycles. The fourth-order valence-corrected chi connectivity index (χ4v) is 2.62. The molecular formula is C14H17BrN2O3. The Kier molecular flexibility index (Phi) is 5.17.